The molecule has 0 aliphatic carbocycles. The molecule has 17 heavy (non-hydrogen) atoms. The lowest BCUT2D eigenvalue weighted by molar-refractivity contribution is 0.217. The van der Waals surface area contributed by atoms with Crippen LogP contribution in [0.4, 0.5) is 5.69 Å². The van der Waals surface area contributed by atoms with Crippen LogP contribution in [0.1, 0.15) is 24.2 Å². The van der Waals surface area contributed by atoms with Gasteiger partial charge in [0, 0.05) is 6.07 Å². The Labute approximate surface area is 101 Å². The number of aryl methyl sites for hydroxylation is 1. The van der Waals surface area contributed by atoms with Gasteiger partial charge < -0.3 is 10.5 Å². The van der Waals surface area contributed by atoms with Crippen molar-refractivity contribution in [2.45, 2.75) is 20.0 Å². The SMILES string of the molecule is Cc1cc(OC(C)c2ccccc2)ncc1N. The van der Waals surface area contributed by atoms with Crippen LogP contribution in [0.5, 0.6) is 5.88 Å². The standard InChI is InChI=1S/C14H16N2O/c1-10-8-14(16-9-13(10)15)17-11(2)12-6-4-3-5-7-12/h3-9,11H,15H2,1-2H3. The van der Waals surface area contributed by atoms with Gasteiger partial charge in [0.15, 0.2) is 0 Å². The highest BCUT2D eigenvalue weighted by molar-refractivity contribution is 5.45. The molecule has 0 saturated heterocycles. The first kappa shape index (κ1) is 11.5. The van der Waals surface area contributed by atoms with Crippen LogP contribution in [0.2, 0.25) is 0 Å². The molecule has 1 atom stereocenters. The van der Waals surface area contributed by atoms with Gasteiger partial charge >= 0.3 is 0 Å². The van der Waals surface area contributed by atoms with Crippen LogP contribution in [0.15, 0.2) is 42.6 Å². The van der Waals surface area contributed by atoms with Gasteiger partial charge in [0.25, 0.3) is 0 Å². The van der Waals surface area contributed by atoms with Crippen molar-refractivity contribution in [2.24, 2.45) is 0 Å². The molecular formula is C14H16N2O. The van der Waals surface area contributed by atoms with E-state index < -0.39 is 0 Å². The summed E-state index contributed by atoms with van der Waals surface area (Å²) in [5.74, 6) is 0.605. The minimum absolute atomic E-state index is 0.0216. The maximum atomic E-state index is 5.77. The van der Waals surface area contributed by atoms with Crippen molar-refractivity contribution in [2.75, 3.05) is 5.73 Å². The van der Waals surface area contributed by atoms with Gasteiger partial charge in [-0.2, -0.15) is 0 Å². The number of hydrogen-bond acceptors (Lipinski definition) is 3. The number of rotatable bonds is 3. The van der Waals surface area contributed by atoms with Crippen LogP contribution in [0, 0.1) is 6.92 Å². The molecule has 0 aliphatic rings. The Morgan fingerprint density at radius 1 is 1.24 bits per heavy atom. The van der Waals surface area contributed by atoms with Gasteiger partial charge in [0.1, 0.15) is 6.10 Å². The van der Waals surface area contributed by atoms with Crippen molar-refractivity contribution in [3.63, 3.8) is 0 Å². The number of pyridine rings is 1. The van der Waals surface area contributed by atoms with Crippen molar-refractivity contribution in [3.05, 3.63) is 53.7 Å². The molecule has 0 aliphatic heterocycles. The molecule has 0 fully saturated rings. The molecule has 1 aromatic carbocycles. The molecule has 0 saturated carbocycles. The molecule has 0 radical (unpaired) electrons. The number of anilines is 1. The summed E-state index contributed by atoms with van der Waals surface area (Å²) >= 11 is 0. The summed E-state index contributed by atoms with van der Waals surface area (Å²) in [5.41, 5.74) is 8.51. The topological polar surface area (TPSA) is 48.1 Å². The molecule has 0 amide bonds. The molecule has 3 nitrogen and oxygen atoms in total. The molecule has 1 aromatic heterocycles. The number of nitrogens with two attached hydrogens (primary N) is 1. The van der Waals surface area contributed by atoms with Gasteiger partial charge in [0.05, 0.1) is 11.9 Å². The fraction of sp³-hybridized carbons (Fsp3) is 0.214. The first-order valence-corrected chi connectivity index (χ1v) is 5.60. The van der Waals surface area contributed by atoms with E-state index >= 15 is 0 Å². The third kappa shape index (κ3) is 2.75. The Bertz CT molecular complexity index is 497. The molecule has 2 N–H and O–H groups in total. The summed E-state index contributed by atoms with van der Waals surface area (Å²) in [5, 5.41) is 0. The molecular weight excluding hydrogens is 212 g/mol. The third-order valence-electron chi connectivity index (χ3n) is 2.69. The zero-order valence-electron chi connectivity index (χ0n) is 10.1. The zero-order chi connectivity index (χ0) is 12.3. The Morgan fingerprint density at radius 2 is 1.94 bits per heavy atom. The molecule has 2 rings (SSSR count). The Morgan fingerprint density at radius 3 is 2.59 bits per heavy atom. The summed E-state index contributed by atoms with van der Waals surface area (Å²) in [4.78, 5) is 4.16. The summed E-state index contributed by atoms with van der Waals surface area (Å²) in [7, 11) is 0. The smallest absolute Gasteiger partial charge is 0.214 e. The second-order valence-corrected chi connectivity index (χ2v) is 4.05. The predicted molar refractivity (Wildman–Crippen MR) is 68.9 cm³/mol. The van der Waals surface area contributed by atoms with Crippen molar-refractivity contribution in [1.29, 1.82) is 0 Å². The second-order valence-electron chi connectivity index (χ2n) is 4.05. The highest BCUT2D eigenvalue weighted by atomic mass is 16.5. The minimum Gasteiger partial charge on any atom is -0.470 e. The van der Waals surface area contributed by atoms with Crippen LogP contribution in [0.25, 0.3) is 0 Å². The molecule has 1 unspecified atom stereocenters. The lowest BCUT2D eigenvalue weighted by Crippen LogP contribution is -2.04. The van der Waals surface area contributed by atoms with Crippen molar-refractivity contribution < 1.29 is 4.74 Å². The lowest BCUT2D eigenvalue weighted by Gasteiger charge is -2.14. The first-order valence-electron chi connectivity index (χ1n) is 5.60. The van der Waals surface area contributed by atoms with Crippen LogP contribution in [0.3, 0.4) is 0 Å². The molecule has 2 aromatic rings. The third-order valence-corrected chi connectivity index (χ3v) is 2.69. The summed E-state index contributed by atoms with van der Waals surface area (Å²) in [6, 6.07) is 11.9. The van der Waals surface area contributed by atoms with Crippen molar-refractivity contribution in [1.82, 2.24) is 4.98 Å². The minimum atomic E-state index is -0.0216. The molecule has 88 valence electrons. The zero-order valence-corrected chi connectivity index (χ0v) is 10.1. The lowest BCUT2D eigenvalue weighted by atomic mass is 10.1. The normalized spacial score (nSPS) is 12.1. The van der Waals surface area contributed by atoms with E-state index in [1.54, 1.807) is 6.20 Å². The molecule has 0 bridgehead atoms. The van der Waals surface area contributed by atoms with Crippen LogP contribution in [-0.4, -0.2) is 4.98 Å². The fourth-order valence-electron chi connectivity index (χ4n) is 1.58. The maximum absolute atomic E-state index is 5.77. The Kier molecular flexibility index (Phi) is 3.28. The van der Waals surface area contributed by atoms with E-state index in [-0.39, 0.29) is 6.10 Å². The molecule has 3 heteroatoms. The monoisotopic (exact) mass is 228 g/mol. The number of nitrogens with zero attached hydrogens (tertiary/aromatic N) is 1. The Hall–Kier alpha value is -2.03. The number of aromatic nitrogens is 1. The molecule has 1 heterocycles. The second kappa shape index (κ2) is 4.87. The largest absolute Gasteiger partial charge is 0.470 e. The van der Waals surface area contributed by atoms with Crippen LogP contribution in [-0.2, 0) is 0 Å². The average molecular weight is 228 g/mol. The van der Waals surface area contributed by atoms with Gasteiger partial charge in [-0.1, -0.05) is 30.3 Å². The number of ether oxygens (including phenoxy) is 1. The fourth-order valence-corrected chi connectivity index (χ4v) is 1.58. The predicted octanol–water partition coefficient (Wildman–Crippen LogP) is 3.11. The van der Waals surface area contributed by atoms with Crippen molar-refractivity contribution in [3.8, 4) is 5.88 Å². The van der Waals surface area contributed by atoms with Gasteiger partial charge in [-0.25, -0.2) is 4.98 Å². The van der Waals surface area contributed by atoms with E-state index in [2.05, 4.69) is 4.98 Å². The summed E-state index contributed by atoms with van der Waals surface area (Å²) < 4.78 is 5.77. The number of hydrogen-bond donors (Lipinski definition) is 1. The van der Waals surface area contributed by atoms with Gasteiger partial charge in [-0.05, 0) is 25.0 Å². The van der Waals surface area contributed by atoms with E-state index in [1.807, 2.05) is 50.2 Å². The number of nitrogen functional groups attached to an aromatic ring is 1. The number of benzene rings is 1. The van der Waals surface area contributed by atoms with E-state index in [1.165, 1.54) is 0 Å². The van der Waals surface area contributed by atoms with E-state index in [0.717, 1.165) is 11.1 Å². The average Bonchev–Trinajstić information content (AvgIpc) is 2.35. The van der Waals surface area contributed by atoms with Gasteiger partial charge in [-0.15, -0.1) is 0 Å². The van der Waals surface area contributed by atoms with E-state index in [9.17, 15) is 0 Å². The van der Waals surface area contributed by atoms with Gasteiger partial charge in [-0.3, -0.25) is 0 Å². The summed E-state index contributed by atoms with van der Waals surface area (Å²) in [6.07, 6.45) is 1.61. The van der Waals surface area contributed by atoms with E-state index in [4.69, 9.17) is 10.5 Å². The van der Waals surface area contributed by atoms with Gasteiger partial charge in [0.2, 0.25) is 5.88 Å². The first-order chi connectivity index (χ1) is 8.16. The van der Waals surface area contributed by atoms with Crippen LogP contribution < -0.4 is 10.5 Å². The highest BCUT2D eigenvalue weighted by Crippen LogP contribution is 2.22. The summed E-state index contributed by atoms with van der Waals surface area (Å²) in [6.45, 7) is 3.94. The van der Waals surface area contributed by atoms with Crippen LogP contribution >= 0.6 is 0 Å². The Balaban J connectivity index is 2.13. The molecule has 0 spiro atoms. The maximum Gasteiger partial charge on any atom is 0.214 e. The van der Waals surface area contributed by atoms with Crippen molar-refractivity contribution >= 4 is 5.69 Å². The van der Waals surface area contributed by atoms with E-state index in [0.29, 0.717) is 11.6 Å². The highest BCUT2D eigenvalue weighted by Gasteiger charge is 2.08. The quantitative estimate of drug-likeness (QED) is 0.878.